The van der Waals surface area contributed by atoms with E-state index in [1.54, 1.807) is 23.1 Å². The van der Waals surface area contributed by atoms with Crippen molar-refractivity contribution in [2.45, 2.75) is 20.3 Å². The number of anilines is 1. The highest BCUT2D eigenvalue weighted by Crippen LogP contribution is 2.22. The lowest BCUT2D eigenvalue weighted by atomic mass is 10.2. The second kappa shape index (κ2) is 7.75. The van der Waals surface area contributed by atoms with Crippen molar-refractivity contribution in [2.75, 3.05) is 25.4 Å². The predicted molar refractivity (Wildman–Crippen MR) is 80.7 cm³/mol. The normalized spacial score (nSPS) is 10.2. The maximum Gasteiger partial charge on any atom is 0.252 e. The van der Waals surface area contributed by atoms with E-state index < -0.39 is 0 Å². The molecule has 0 saturated carbocycles. The summed E-state index contributed by atoms with van der Waals surface area (Å²) < 4.78 is 0. The topological polar surface area (TPSA) is 75.4 Å². The van der Waals surface area contributed by atoms with Crippen molar-refractivity contribution >= 4 is 29.1 Å². The molecule has 0 aromatic heterocycles. The van der Waals surface area contributed by atoms with Crippen molar-refractivity contribution in [3.63, 3.8) is 0 Å². The van der Waals surface area contributed by atoms with E-state index in [1.807, 2.05) is 13.8 Å². The van der Waals surface area contributed by atoms with Gasteiger partial charge in [0.15, 0.2) is 0 Å². The number of rotatable bonds is 6. The van der Waals surface area contributed by atoms with E-state index in [1.165, 1.54) is 0 Å². The van der Waals surface area contributed by atoms with E-state index in [0.717, 1.165) is 0 Å². The first-order chi connectivity index (χ1) is 9.51. The number of carbonyl (C=O) groups excluding carboxylic acids is 2. The van der Waals surface area contributed by atoms with Crippen LogP contribution in [0.2, 0.25) is 5.02 Å². The largest absolute Gasteiger partial charge is 0.398 e. The van der Waals surface area contributed by atoms with Crippen LogP contribution < -0.4 is 11.1 Å². The maximum absolute atomic E-state index is 11.9. The van der Waals surface area contributed by atoms with Crippen LogP contribution >= 0.6 is 11.6 Å². The summed E-state index contributed by atoms with van der Waals surface area (Å²) in [6, 6.07) is 4.89. The van der Waals surface area contributed by atoms with E-state index in [0.29, 0.717) is 24.3 Å². The molecule has 0 saturated heterocycles. The lowest BCUT2D eigenvalue weighted by Crippen LogP contribution is -2.34. The van der Waals surface area contributed by atoms with Crippen LogP contribution in [0.15, 0.2) is 18.2 Å². The molecule has 0 spiro atoms. The first-order valence-electron chi connectivity index (χ1n) is 6.61. The standard InChI is InChI=1S/C14H20ClN3O2/c1-3-18(4-2)12(19)8-9-17-14(20)10-6-5-7-11(16)13(10)15/h5-7H,3-4,8-9,16H2,1-2H3,(H,17,20). The summed E-state index contributed by atoms with van der Waals surface area (Å²) in [5.41, 5.74) is 6.32. The molecule has 0 atom stereocenters. The zero-order valence-electron chi connectivity index (χ0n) is 11.8. The van der Waals surface area contributed by atoms with Gasteiger partial charge in [0.1, 0.15) is 0 Å². The summed E-state index contributed by atoms with van der Waals surface area (Å²) in [6.45, 7) is 5.47. The number of halogens is 1. The molecule has 0 bridgehead atoms. The van der Waals surface area contributed by atoms with Gasteiger partial charge in [0, 0.05) is 26.1 Å². The Hall–Kier alpha value is -1.75. The average molecular weight is 298 g/mol. The van der Waals surface area contributed by atoms with Crippen molar-refractivity contribution in [3.05, 3.63) is 28.8 Å². The number of hydrogen-bond donors (Lipinski definition) is 2. The Morgan fingerprint density at radius 2 is 1.95 bits per heavy atom. The summed E-state index contributed by atoms with van der Waals surface area (Å²) >= 11 is 5.96. The lowest BCUT2D eigenvalue weighted by molar-refractivity contribution is -0.130. The number of hydrogen-bond acceptors (Lipinski definition) is 3. The van der Waals surface area contributed by atoms with Crippen LogP contribution in [-0.2, 0) is 4.79 Å². The smallest absolute Gasteiger partial charge is 0.252 e. The summed E-state index contributed by atoms with van der Waals surface area (Å²) in [6.07, 6.45) is 0.271. The average Bonchev–Trinajstić information content (AvgIpc) is 2.43. The molecule has 0 heterocycles. The third-order valence-electron chi connectivity index (χ3n) is 3.01. The van der Waals surface area contributed by atoms with Gasteiger partial charge in [-0.25, -0.2) is 0 Å². The highest BCUT2D eigenvalue weighted by atomic mass is 35.5. The summed E-state index contributed by atoms with van der Waals surface area (Å²) in [5.74, 6) is -0.302. The molecular weight excluding hydrogens is 278 g/mol. The number of amides is 2. The molecule has 1 aromatic carbocycles. The highest BCUT2D eigenvalue weighted by Gasteiger charge is 2.13. The Labute approximate surface area is 124 Å². The highest BCUT2D eigenvalue weighted by molar-refractivity contribution is 6.36. The molecule has 0 unspecified atom stereocenters. The van der Waals surface area contributed by atoms with Gasteiger partial charge in [-0.05, 0) is 26.0 Å². The van der Waals surface area contributed by atoms with E-state index in [4.69, 9.17) is 17.3 Å². The summed E-state index contributed by atoms with van der Waals surface area (Å²) in [5, 5.41) is 2.91. The molecular formula is C14H20ClN3O2. The van der Waals surface area contributed by atoms with Crippen molar-refractivity contribution in [1.82, 2.24) is 10.2 Å². The molecule has 0 fully saturated rings. The van der Waals surface area contributed by atoms with E-state index in [2.05, 4.69) is 5.32 Å². The Morgan fingerprint density at radius 1 is 1.30 bits per heavy atom. The third kappa shape index (κ3) is 4.13. The monoisotopic (exact) mass is 297 g/mol. The molecule has 1 rings (SSSR count). The first-order valence-corrected chi connectivity index (χ1v) is 6.99. The molecule has 110 valence electrons. The number of benzene rings is 1. The Kier molecular flexibility index (Phi) is 6.31. The summed E-state index contributed by atoms with van der Waals surface area (Å²) in [4.78, 5) is 25.4. The van der Waals surface area contributed by atoms with Crippen LogP contribution in [0.4, 0.5) is 5.69 Å². The molecule has 6 heteroatoms. The number of nitrogen functional groups attached to an aromatic ring is 1. The van der Waals surface area contributed by atoms with Gasteiger partial charge in [0.05, 0.1) is 16.3 Å². The van der Waals surface area contributed by atoms with Crippen molar-refractivity contribution in [3.8, 4) is 0 Å². The molecule has 3 N–H and O–H groups in total. The molecule has 0 aliphatic rings. The lowest BCUT2D eigenvalue weighted by Gasteiger charge is -2.18. The van der Waals surface area contributed by atoms with Gasteiger partial charge in [-0.15, -0.1) is 0 Å². The Morgan fingerprint density at radius 3 is 2.55 bits per heavy atom. The van der Waals surface area contributed by atoms with E-state index >= 15 is 0 Å². The molecule has 0 aliphatic carbocycles. The number of nitrogens with zero attached hydrogens (tertiary/aromatic N) is 1. The van der Waals surface area contributed by atoms with E-state index in [9.17, 15) is 9.59 Å². The van der Waals surface area contributed by atoms with Gasteiger partial charge in [-0.3, -0.25) is 9.59 Å². The van der Waals surface area contributed by atoms with Gasteiger partial charge in [0.2, 0.25) is 5.91 Å². The quantitative estimate of drug-likeness (QED) is 0.788. The van der Waals surface area contributed by atoms with Crippen molar-refractivity contribution < 1.29 is 9.59 Å². The van der Waals surface area contributed by atoms with Crippen LogP contribution in [0.3, 0.4) is 0 Å². The molecule has 0 radical (unpaired) electrons. The Balaban J connectivity index is 2.52. The number of carbonyl (C=O) groups is 2. The molecule has 20 heavy (non-hydrogen) atoms. The minimum Gasteiger partial charge on any atom is -0.398 e. The molecule has 2 amide bonds. The SMILES string of the molecule is CCN(CC)C(=O)CCNC(=O)c1cccc(N)c1Cl. The number of nitrogens with one attached hydrogen (secondary N) is 1. The zero-order chi connectivity index (χ0) is 15.1. The molecule has 0 aliphatic heterocycles. The Bertz CT molecular complexity index is 487. The summed E-state index contributed by atoms with van der Waals surface area (Å²) in [7, 11) is 0. The fourth-order valence-electron chi connectivity index (χ4n) is 1.84. The van der Waals surface area contributed by atoms with Gasteiger partial charge in [-0.2, -0.15) is 0 Å². The van der Waals surface area contributed by atoms with Gasteiger partial charge in [-0.1, -0.05) is 17.7 Å². The second-order valence-electron chi connectivity index (χ2n) is 4.28. The predicted octanol–water partition coefficient (Wildman–Crippen LogP) is 1.91. The van der Waals surface area contributed by atoms with Crippen LogP contribution in [0.1, 0.15) is 30.6 Å². The van der Waals surface area contributed by atoms with Crippen LogP contribution in [0.5, 0.6) is 0 Å². The number of nitrogens with two attached hydrogens (primary N) is 1. The molecule has 1 aromatic rings. The van der Waals surface area contributed by atoms with Gasteiger partial charge >= 0.3 is 0 Å². The fourth-order valence-corrected chi connectivity index (χ4v) is 2.05. The van der Waals surface area contributed by atoms with Crippen molar-refractivity contribution in [1.29, 1.82) is 0 Å². The van der Waals surface area contributed by atoms with Gasteiger partial charge < -0.3 is 16.0 Å². The maximum atomic E-state index is 11.9. The minimum absolute atomic E-state index is 0.0222. The van der Waals surface area contributed by atoms with Gasteiger partial charge in [0.25, 0.3) is 5.91 Å². The van der Waals surface area contributed by atoms with Crippen LogP contribution in [-0.4, -0.2) is 36.3 Å². The van der Waals surface area contributed by atoms with Crippen LogP contribution in [0, 0.1) is 0 Å². The second-order valence-corrected chi connectivity index (χ2v) is 4.66. The third-order valence-corrected chi connectivity index (χ3v) is 3.44. The van der Waals surface area contributed by atoms with E-state index in [-0.39, 0.29) is 29.8 Å². The molecule has 5 nitrogen and oxygen atoms in total. The fraction of sp³-hybridized carbons (Fsp3) is 0.429. The zero-order valence-corrected chi connectivity index (χ0v) is 12.5. The first kappa shape index (κ1) is 16.3. The van der Waals surface area contributed by atoms with Crippen molar-refractivity contribution in [2.24, 2.45) is 0 Å². The minimum atomic E-state index is -0.324. The van der Waals surface area contributed by atoms with Crippen LogP contribution in [0.25, 0.3) is 0 Å².